The Bertz CT molecular complexity index is 1220. The van der Waals surface area contributed by atoms with Gasteiger partial charge in [0.1, 0.15) is 5.82 Å². The fourth-order valence-electron chi connectivity index (χ4n) is 6.05. The van der Waals surface area contributed by atoms with Crippen molar-refractivity contribution in [2.45, 2.75) is 96.8 Å². The molecule has 1 fully saturated rings. The molecule has 0 radical (unpaired) electrons. The van der Waals surface area contributed by atoms with E-state index in [-0.39, 0.29) is 17.3 Å². The first-order chi connectivity index (χ1) is 19.0. The van der Waals surface area contributed by atoms with Gasteiger partial charge in [0.25, 0.3) is 0 Å². The zero-order chi connectivity index (χ0) is 27.6. The number of allylic oxidation sites excluding steroid dienone is 2. The first-order valence-corrected chi connectivity index (χ1v) is 15.0. The summed E-state index contributed by atoms with van der Waals surface area (Å²) in [7, 11) is 0. The van der Waals surface area contributed by atoms with Gasteiger partial charge in [0.05, 0.1) is 0 Å². The van der Waals surface area contributed by atoms with Crippen LogP contribution in [0.15, 0.2) is 66.7 Å². The molecule has 0 aliphatic heterocycles. The third-order valence-corrected chi connectivity index (χ3v) is 8.42. The maximum absolute atomic E-state index is 15.1. The topological polar surface area (TPSA) is 0 Å². The highest BCUT2D eigenvalue weighted by Gasteiger charge is 2.23. The monoisotopic (exact) mass is 532 g/mol. The van der Waals surface area contributed by atoms with Gasteiger partial charge in [-0.3, -0.25) is 0 Å². The van der Waals surface area contributed by atoms with E-state index >= 15 is 4.39 Å². The second-order valence-electron chi connectivity index (χ2n) is 11.2. The van der Waals surface area contributed by atoms with Gasteiger partial charge < -0.3 is 0 Å². The predicted octanol–water partition coefficient (Wildman–Crippen LogP) is 11.6. The molecular weight excluding hydrogens is 489 g/mol. The summed E-state index contributed by atoms with van der Waals surface area (Å²) in [6, 6.07) is 16.2. The minimum absolute atomic E-state index is 0.157. The molecule has 1 saturated carbocycles. The van der Waals surface area contributed by atoms with E-state index in [1.807, 2.05) is 24.3 Å². The normalized spacial score (nSPS) is 17.7. The molecule has 1 aliphatic carbocycles. The second kappa shape index (κ2) is 14.5. The SMILES string of the molecule is C/C=C/C1CCC(c2ccc(-c3ccc(-c4ccc(CCCCCCCCC)c(F)c4F)cc3)cc2F)CC1. The molecule has 3 aromatic carbocycles. The van der Waals surface area contributed by atoms with Gasteiger partial charge in [-0.05, 0) is 91.2 Å². The fraction of sp³-hybridized carbons (Fsp3) is 0.444. The average molecular weight is 533 g/mol. The maximum Gasteiger partial charge on any atom is 0.166 e. The van der Waals surface area contributed by atoms with Crippen molar-refractivity contribution in [2.75, 3.05) is 0 Å². The van der Waals surface area contributed by atoms with Gasteiger partial charge in [0.15, 0.2) is 11.6 Å². The molecule has 0 bridgehead atoms. The molecule has 0 aromatic heterocycles. The fourth-order valence-corrected chi connectivity index (χ4v) is 6.05. The first-order valence-electron chi connectivity index (χ1n) is 15.0. The van der Waals surface area contributed by atoms with Crippen LogP contribution in [-0.2, 0) is 6.42 Å². The van der Waals surface area contributed by atoms with E-state index in [4.69, 9.17) is 0 Å². The molecule has 1 aliphatic rings. The van der Waals surface area contributed by atoms with Crippen LogP contribution in [0.25, 0.3) is 22.3 Å². The number of hydrogen-bond donors (Lipinski definition) is 0. The highest BCUT2D eigenvalue weighted by Crippen LogP contribution is 2.38. The van der Waals surface area contributed by atoms with Crippen LogP contribution >= 0.6 is 0 Å². The zero-order valence-corrected chi connectivity index (χ0v) is 23.6. The molecule has 208 valence electrons. The minimum atomic E-state index is -0.789. The van der Waals surface area contributed by atoms with Crippen LogP contribution in [0.4, 0.5) is 13.2 Å². The largest absolute Gasteiger partial charge is 0.207 e. The summed E-state index contributed by atoms with van der Waals surface area (Å²) < 4.78 is 45.0. The lowest BCUT2D eigenvalue weighted by Gasteiger charge is -2.27. The van der Waals surface area contributed by atoms with E-state index in [0.29, 0.717) is 23.5 Å². The van der Waals surface area contributed by atoms with Crippen LogP contribution in [0, 0.1) is 23.4 Å². The van der Waals surface area contributed by atoms with Gasteiger partial charge in [-0.1, -0.05) is 106 Å². The van der Waals surface area contributed by atoms with Gasteiger partial charge in [-0.15, -0.1) is 0 Å². The second-order valence-corrected chi connectivity index (χ2v) is 11.2. The van der Waals surface area contributed by atoms with Gasteiger partial charge in [0, 0.05) is 5.56 Å². The zero-order valence-electron chi connectivity index (χ0n) is 23.6. The molecule has 39 heavy (non-hydrogen) atoms. The lowest BCUT2D eigenvalue weighted by molar-refractivity contribution is 0.368. The van der Waals surface area contributed by atoms with E-state index < -0.39 is 11.6 Å². The summed E-state index contributed by atoms with van der Waals surface area (Å²) in [5.74, 6) is -0.792. The number of rotatable bonds is 12. The Hall–Kier alpha value is -2.81. The summed E-state index contributed by atoms with van der Waals surface area (Å²) in [4.78, 5) is 0. The summed E-state index contributed by atoms with van der Waals surface area (Å²) in [6.45, 7) is 4.26. The van der Waals surface area contributed by atoms with Crippen molar-refractivity contribution < 1.29 is 13.2 Å². The molecular formula is C36H43F3. The Balaban J connectivity index is 1.38. The van der Waals surface area contributed by atoms with Crippen molar-refractivity contribution >= 4 is 0 Å². The number of unbranched alkanes of at least 4 members (excludes halogenated alkanes) is 6. The predicted molar refractivity (Wildman–Crippen MR) is 158 cm³/mol. The smallest absolute Gasteiger partial charge is 0.166 e. The molecule has 0 atom stereocenters. The number of benzene rings is 3. The van der Waals surface area contributed by atoms with Gasteiger partial charge in [-0.25, -0.2) is 13.2 Å². The summed E-state index contributed by atoms with van der Waals surface area (Å²) >= 11 is 0. The van der Waals surface area contributed by atoms with E-state index in [1.54, 1.807) is 30.3 Å². The van der Waals surface area contributed by atoms with Crippen LogP contribution in [-0.4, -0.2) is 0 Å². The minimum Gasteiger partial charge on any atom is -0.207 e. The Labute approximate surface area is 233 Å². The van der Waals surface area contributed by atoms with Crippen LogP contribution < -0.4 is 0 Å². The van der Waals surface area contributed by atoms with Crippen LogP contribution in [0.3, 0.4) is 0 Å². The molecule has 0 heterocycles. The molecule has 0 nitrogen and oxygen atoms in total. The Kier molecular flexibility index (Phi) is 10.9. The lowest BCUT2D eigenvalue weighted by Crippen LogP contribution is -2.12. The molecule has 0 spiro atoms. The van der Waals surface area contributed by atoms with E-state index in [2.05, 4.69) is 26.0 Å². The van der Waals surface area contributed by atoms with E-state index in [9.17, 15) is 8.78 Å². The van der Waals surface area contributed by atoms with Crippen LogP contribution in [0.1, 0.15) is 102 Å². The molecule has 0 amide bonds. The summed E-state index contributed by atoms with van der Waals surface area (Å²) in [5.41, 5.74) is 3.79. The molecule has 3 aromatic rings. The van der Waals surface area contributed by atoms with Crippen molar-refractivity contribution in [1.29, 1.82) is 0 Å². The number of halogens is 3. The van der Waals surface area contributed by atoms with Crippen LogP contribution in [0.5, 0.6) is 0 Å². The van der Waals surface area contributed by atoms with Crippen molar-refractivity contribution in [1.82, 2.24) is 0 Å². The Morgan fingerprint density at radius 3 is 2.00 bits per heavy atom. The standard InChI is InChI=1S/C36H43F3/c1-3-5-6-7-8-9-10-12-30-21-24-33(36(39)35(30)38)29-19-17-27(18-20-29)31-22-23-32(34(37)25-31)28-15-13-26(11-4-2)14-16-28/h4,11,17-26,28H,3,5-10,12-16H2,1-2H3/b11-4+. The maximum atomic E-state index is 15.1. The third kappa shape index (κ3) is 7.65. The Morgan fingerprint density at radius 2 is 1.33 bits per heavy atom. The molecule has 0 saturated heterocycles. The molecule has 0 unspecified atom stereocenters. The van der Waals surface area contributed by atoms with Gasteiger partial charge in [-0.2, -0.15) is 0 Å². The third-order valence-electron chi connectivity index (χ3n) is 8.42. The quantitative estimate of drug-likeness (QED) is 0.161. The summed E-state index contributed by atoms with van der Waals surface area (Å²) in [6.07, 6.45) is 17.2. The number of aryl methyl sites for hydroxylation is 1. The highest BCUT2D eigenvalue weighted by atomic mass is 19.2. The summed E-state index contributed by atoms with van der Waals surface area (Å²) in [5, 5.41) is 0. The first kappa shape index (κ1) is 29.2. The van der Waals surface area contributed by atoms with Crippen molar-refractivity contribution in [2.24, 2.45) is 5.92 Å². The molecule has 3 heteroatoms. The van der Waals surface area contributed by atoms with Gasteiger partial charge >= 0.3 is 0 Å². The highest BCUT2D eigenvalue weighted by molar-refractivity contribution is 5.71. The van der Waals surface area contributed by atoms with Crippen molar-refractivity contribution in [3.8, 4) is 22.3 Å². The number of hydrogen-bond acceptors (Lipinski definition) is 0. The van der Waals surface area contributed by atoms with Crippen LogP contribution in [0.2, 0.25) is 0 Å². The molecule has 0 N–H and O–H groups in total. The van der Waals surface area contributed by atoms with Gasteiger partial charge in [0.2, 0.25) is 0 Å². The van der Waals surface area contributed by atoms with Crippen molar-refractivity contribution in [3.63, 3.8) is 0 Å². The van der Waals surface area contributed by atoms with Crippen molar-refractivity contribution in [3.05, 3.63) is 95.3 Å². The lowest BCUT2D eigenvalue weighted by atomic mass is 9.78. The van der Waals surface area contributed by atoms with E-state index in [1.165, 1.54) is 25.7 Å². The Morgan fingerprint density at radius 1 is 0.692 bits per heavy atom. The molecule has 4 rings (SSSR count). The van der Waals surface area contributed by atoms with E-state index in [0.717, 1.165) is 61.6 Å². The average Bonchev–Trinajstić information content (AvgIpc) is 2.95.